The summed E-state index contributed by atoms with van der Waals surface area (Å²) in [6.07, 6.45) is 3.86. The first-order valence-electron chi connectivity index (χ1n) is 8.24. The highest BCUT2D eigenvalue weighted by Crippen LogP contribution is 2.25. The molecule has 0 radical (unpaired) electrons. The number of benzene rings is 1. The highest BCUT2D eigenvalue weighted by molar-refractivity contribution is 5.94. The molecular weight excluding hydrogens is 330 g/mol. The number of hydrogen-bond donors (Lipinski definition) is 1. The molecule has 0 spiro atoms. The molecule has 1 unspecified atom stereocenters. The molecule has 1 saturated heterocycles. The first kappa shape index (κ1) is 17.4. The lowest BCUT2D eigenvalue weighted by molar-refractivity contribution is -0.0498. The predicted molar refractivity (Wildman–Crippen MR) is 87.7 cm³/mol. The fraction of sp³-hybridized carbons (Fsp3) is 0.389. The molecule has 7 heteroatoms. The zero-order valence-electron chi connectivity index (χ0n) is 13.7. The number of nitrogens with zero attached hydrogens (tertiary/aromatic N) is 1. The van der Waals surface area contributed by atoms with Gasteiger partial charge in [-0.15, -0.1) is 0 Å². The van der Waals surface area contributed by atoms with Gasteiger partial charge in [0.05, 0.1) is 12.3 Å². The average Bonchev–Trinajstić information content (AvgIpc) is 3.29. The number of hydrogen-bond acceptors (Lipinski definition) is 4. The minimum Gasteiger partial charge on any atom is -0.468 e. The third-order valence-corrected chi connectivity index (χ3v) is 4.23. The van der Waals surface area contributed by atoms with Crippen molar-refractivity contribution in [2.45, 2.75) is 25.5 Å². The highest BCUT2D eigenvalue weighted by Gasteiger charge is 2.26. The molecule has 134 valence electrons. The Morgan fingerprint density at radius 1 is 1.24 bits per heavy atom. The van der Waals surface area contributed by atoms with Crippen LogP contribution in [0.2, 0.25) is 0 Å². The van der Waals surface area contributed by atoms with Crippen LogP contribution in [0.1, 0.15) is 35.0 Å². The summed E-state index contributed by atoms with van der Waals surface area (Å²) in [4.78, 5) is 14.6. The number of amides is 1. The minimum absolute atomic E-state index is 0.0372. The molecule has 1 atom stereocenters. The summed E-state index contributed by atoms with van der Waals surface area (Å²) in [6, 6.07) is 9.44. The van der Waals surface area contributed by atoms with Crippen molar-refractivity contribution in [2.24, 2.45) is 0 Å². The van der Waals surface area contributed by atoms with Gasteiger partial charge in [-0.3, -0.25) is 9.69 Å². The molecule has 1 aliphatic rings. The van der Waals surface area contributed by atoms with Gasteiger partial charge in [0.2, 0.25) is 0 Å². The number of likely N-dealkylation sites (tertiary alicyclic amines) is 1. The molecule has 1 aromatic heterocycles. The van der Waals surface area contributed by atoms with Gasteiger partial charge in [-0.1, -0.05) is 6.07 Å². The van der Waals surface area contributed by atoms with Crippen molar-refractivity contribution < 1.29 is 22.7 Å². The van der Waals surface area contributed by atoms with Crippen molar-refractivity contribution in [1.82, 2.24) is 10.2 Å². The summed E-state index contributed by atoms with van der Waals surface area (Å²) < 4.78 is 34.4. The second-order valence-corrected chi connectivity index (χ2v) is 5.89. The molecule has 1 aliphatic heterocycles. The van der Waals surface area contributed by atoms with Gasteiger partial charge in [0.1, 0.15) is 11.5 Å². The van der Waals surface area contributed by atoms with Gasteiger partial charge in [0.25, 0.3) is 5.91 Å². The van der Waals surface area contributed by atoms with Crippen LogP contribution in [0, 0.1) is 0 Å². The minimum atomic E-state index is -2.92. The summed E-state index contributed by atoms with van der Waals surface area (Å²) in [5.41, 5.74) is 0.276. The van der Waals surface area contributed by atoms with E-state index in [9.17, 15) is 13.6 Å². The molecule has 2 aromatic rings. The molecule has 2 heterocycles. The zero-order valence-corrected chi connectivity index (χ0v) is 13.7. The number of alkyl halides is 2. The van der Waals surface area contributed by atoms with E-state index in [-0.39, 0.29) is 23.3 Å². The molecule has 5 nitrogen and oxygen atoms in total. The maximum absolute atomic E-state index is 12.4. The largest absolute Gasteiger partial charge is 0.468 e. The van der Waals surface area contributed by atoms with Crippen LogP contribution in [0.4, 0.5) is 8.78 Å². The second kappa shape index (κ2) is 8.11. The molecule has 0 aliphatic carbocycles. The first-order valence-corrected chi connectivity index (χ1v) is 8.24. The Morgan fingerprint density at radius 3 is 2.72 bits per heavy atom. The van der Waals surface area contributed by atoms with E-state index in [4.69, 9.17) is 4.42 Å². The monoisotopic (exact) mass is 350 g/mol. The van der Waals surface area contributed by atoms with Gasteiger partial charge in [-0.25, -0.2) is 0 Å². The summed E-state index contributed by atoms with van der Waals surface area (Å²) in [5, 5.41) is 2.86. The second-order valence-electron chi connectivity index (χ2n) is 5.89. The Hall–Kier alpha value is -2.41. The maximum Gasteiger partial charge on any atom is 0.387 e. The van der Waals surface area contributed by atoms with Crippen LogP contribution >= 0.6 is 0 Å². The van der Waals surface area contributed by atoms with Crippen LogP contribution in [0.5, 0.6) is 5.75 Å². The van der Waals surface area contributed by atoms with Crippen LogP contribution in [0.25, 0.3) is 0 Å². The summed E-state index contributed by atoms with van der Waals surface area (Å²) in [7, 11) is 0. The number of carbonyl (C=O) groups is 1. The van der Waals surface area contributed by atoms with E-state index in [0.717, 1.165) is 31.7 Å². The van der Waals surface area contributed by atoms with E-state index in [0.29, 0.717) is 6.54 Å². The Bertz CT molecular complexity index is 685. The quantitative estimate of drug-likeness (QED) is 0.831. The molecular formula is C18H20F2N2O3. The van der Waals surface area contributed by atoms with Crippen molar-refractivity contribution >= 4 is 5.91 Å². The molecule has 1 aromatic carbocycles. The summed E-state index contributed by atoms with van der Waals surface area (Å²) >= 11 is 0. The van der Waals surface area contributed by atoms with Crippen LogP contribution in [-0.2, 0) is 0 Å². The Morgan fingerprint density at radius 2 is 2.04 bits per heavy atom. The number of carbonyl (C=O) groups excluding carboxylic acids is 1. The molecule has 1 amide bonds. The van der Waals surface area contributed by atoms with Gasteiger partial charge in [0, 0.05) is 12.1 Å². The fourth-order valence-corrected chi connectivity index (χ4v) is 3.05. The van der Waals surface area contributed by atoms with E-state index >= 15 is 0 Å². The number of halogens is 2. The number of rotatable bonds is 7. The Kier molecular flexibility index (Phi) is 5.65. The lowest BCUT2D eigenvalue weighted by Crippen LogP contribution is -2.36. The van der Waals surface area contributed by atoms with Gasteiger partial charge in [0.15, 0.2) is 0 Å². The standard InChI is InChI=1S/C18H20F2N2O3/c19-18(20)25-14-6-3-5-13(11-14)17(23)21-12-15(16-7-4-10-24-16)22-8-1-2-9-22/h3-7,10-11,15,18H,1-2,8-9,12H2,(H,21,23). The molecule has 3 rings (SSSR count). The molecule has 0 saturated carbocycles. The third-order valence-electron chi connectivity index (χ3n) is 4.23. The van der Waals surface area contributed by atoms with E-state index in [2.05, 4.69) is 15.0 Å². The van der Waals surface area contributed by atoms with Crippen molar-refractivity contribution in [3.05, 3.63) is 54.0 Å². The van der Waals surface area contributed by atoms with E-state index < -0.39 is 6.61 Å². The van der Waals surface area contributed by atoms with Gasteiger partial charge in [-0.2, -0.15) is 8.78 Å². The van der Waals surface area contributed by atoms with Crippen molar-refractivity contribution in [3.63, 3.8) is 0 Å². The van der Waals surface area contributed by atoms with E-state index in [1.807, 2.05) is 12.1 Å². The Labute approximate surface area is 144 Å². The van der Waals surface area contributed by atoms with Crippen LogP contribution < -0.4 is 10.1 Å². The van der Waals surface area contributed by atoms with Crippen LogP contribution in [0.3, 0.4) is 0 Å². The van der Waals surface area contributed by atoms with Crippen molar-refractivity contribution in [2.75, 3.05) is 19.6 Å². The average molecular weight is 350 g/mol. The van der Waals surface area contributed by atoms with Crippen molar-refractivity contribution in [3.8, 4) is 5.75 Å². The normalized spacial score (nSPS) is 16.1. The number of furan rings is 1. The van der Waals surface area contributed by atoms with Crippen molar-refractivity contribution in [1.29, 1.82) is 0 Å². The lowest BCUT2D eigenvalue weighted by atomic mass is 10.1. The molecule has 25 heavy (non-hydrogen) atoms. The van der Waals surface area contributed by atoms with Crippen LogP contribution in [-0.4, -0.2) is 37.1 Å². The topological polar surface area (TPSA) is 54.7 Å². The van der Waals surface area contributed by atoms with Gasteiger partial charge in [-0.05, 0) is 56.3 Å². The lowest BCUT2D eigenvalue weighted by Gasteiger charge is -2.26. The summed E-state index contributed by atoms with van der Waals surface area (Å²) in [5.74, 6) is 0.428. The maximum atomic E-state index is 12.4. The fourth-order valence-electron chi connectivity index (χ4n) is 3.05. The first-order chi connectivity index (χ1) is 12.1. The molecule has 0 bridgehead atoms. The smallest absolute Gasteiger partial charge is 0.387 e. The van der Waals surface area contributed by atoms with Gasteiger partial charge >= 0.3 is 6.61 Å². The zero-order chi connectivity index (χ0) is 17.6. The highest BCUT2D eigenvalue weighted by atomic mass is 19.3. The van der Waals surface area contributed by atoms with E-state index in [1.165, 1.54) is 18.2 Å². The Balaban J connectivity index is 1.65. The summed E-state index contributed by atoms with van der Waals surface area (Å²) in [6.45, 7) is -0.624. The predicted octanol–water partition coefficient (Wildman–Crippen LogP) is 3.45. The molecule has 1 N–H and O–H groups in total. The third kappa shape index (κ3) is 4.57. The SMILES string of the molecule is O=C(NCC(c1ccco1)N1CCCC1)c1cccc(OC(F)F)c1. The number of nitrogens with one attached hydrogen (secondary N) is 1. The van der Waals surface area contributed by atoms with Gasteiger partial charge < -0.3 is 14.5 Å². The number of ether oxygens (including phenoxy) is 1. The molecule has 1 fully saturated rings. The van der Waals surface area contributed by atoms with E-state index in [1.54, 1.807) is 12.3 Å². The van der Waals surface area contributed by atoms with Crippen LogP contribution in [0.15, 0.2) is 47.1 Å².